The quantitative estimate of drug-likeness (QED) is 0.529. The van der Waals surface area contributed by atoms with Crippen molar-refractivity contribution in [3.63, 3.8) is 0 Å². The van der Waals surface area contributed by atoms with E-state index in [0.717, 1.165) is 46.0 Å². The Kier molecular flexibility index (Phi) is 4.15. The highest BCUT2D eigenvalue weighted by atomic mass is 35.5. The zero-order chi connectivity index (χ0) is 20.2. The van der Waals surface area contributed by atoms with Crippen LogP contribution in [0.5, 0.6) is 11.5 Å². The van der Waals surface area contributed by atoms with E-state index in [1.165, 1.54) is 4.88 Å². The molecule has 1 aliphatic carbocycles. The number of ketones is 1. The monoisotopic (exact) mass is 435 g/mol. The van der Waals surface area contributed by atoms with Gasteiger partial charge in [0.25, 0.3) is 0 Å². The van der Waals surface area contributed by atoms with E-state index >= 15 is 0 Å². The summed E-state index contributed by atoms with van der Waals surface area (Å²) >= 11 is 7.86. The standard InChI is InChI=1S/C24H18ClNO3S/c25-15-5-3-13(4-6-15)23-16-10-20-21(29-12-28-20)11-17(16)26-18-8-14(9-19(27)24(18)23)22-2-1-7-30-22/h1-7,10-11,14,23,26H,8-9,12H2/t14-,23+/m1/s1. The molecule has 30 heavy (non-hydrogen) atoms. The Balaban J connectivity index is 1.51. The molecule has 0 radical (unpaired) electrons. The van der Waals surface area contributed by atoms with Crippen LogP contribution in [0.2, 0.25) is 5.02 Å². The number of allylic oxidation sites excluding steroid dienone is 2. The maximum Gasteiger partial charge on any atom is 0.231 e. The number of ether oxygens (including phenoxy) is 2. The molecule has 0 saturated heterocycles. The average Bonchev–Trinajstić information content (AvgIpc) is 3.43. The first kappa shape index (κ1) is 18.0. The molecule has 1 N–H and O–H groups in total. The number of hydrogen-bond acceptors (Lipinski definition) is 5. The third-order valence-corrected chi connectivity index (χ3v) is 7.37. The molecule has 0 fully saturated rings. The van der Waals surface area contributed by atoms with Gasteiger partial charge in [-0.25, -0.2) is 0 Å². The molecule has 3 heterocycles. The number of Topliss-reactive ketones (excluding diaryl/α,β-unsaturated/α-hetero) is 1. The zero-order valence-electron chi connectivity index (χ0n) is 16.0. The maximum atomic E-state index is 13.5. The van der Waals surface area contributed by atoms with Crippen molar-refractivity contribution in [3.8, 4) is 11.5 Å². The van der Waals surface area contributed by atoms with Gasteiger partial charge in [0.05, 0.1) is 0 Å². The van der Waals surface area contributed by atoms with Gasteiger partial charge < -0.3 is 14.8 Å². The smallest absolute Gasteiger partial charge is 0.231 e. The van der Waals surface area contributed by atoms with Crippen LogP contribution >= 0.6 is 22.9 Å². The number of rotatable bonds is 2. The Morgan fingerprint density at radius 3 is 2.60 bits per heavy atom. The van der Waals surface area contributed by atoms with Crippen molar-refractivity contribution in [2.75, 3.05) is 12.1 Å². The van der Waals surface area contributed by atoms with Crippen molar-refractivity contribution in [1.29, 1.82) is 0 Å². The summed E-state index contributed by atoms with van der Waals surface area (Å²) in [6.45, 7) is 0.219. The number of halogens is 1. The summed E-state index contributed by atoms with van der Waals surface area (Å²) in [5.41, 5.74) is 4.92. The topological polar surface area (TPSA) is 47.6 Å². The van der Waals surface area contributed by atoms with E-state index in [4.69, 9.17) is 21.1 Å². The molecular weight excluding hydrogens is 418 g/mol. The third-order valence-electron chi connectivity index (χ3n) is 6.09. The third kappa shape index (κ3) is 2.84. The first-order valence-electron chi connectivity index (χ1n) is 9.93. The van der Waals surface area contributed by atoms with Crippen molar-refractivity contribution in [2.24, 2.45) is 0 Å². The molecule has 0 amide bonds. The number of anilines is 1. The van der Waals surface area contributed by atoms with Crippen LogP contribution in [0.4, 0.5) is 5.69 Å². The molecule has 2 atom stereocenters. The van der Waals surface area contributed by atoms with Crippen LogP contribution in [0.3, 0.4) is 0 Å². The number of benzene rings is 2. The number of nitrogens with one attached hydrogen (secondary N) is 1. The normalized spacial score (nSPS) is 21.8. The Morgan fingerprint density at radius 1 is 1.03 bits per heavy atom. The van der Waals surface area contributed by atoms with E-state index in [2.05, 4.69) is 22.8 Å². The summed E-state index contributed by atoms with van der Waals surface area (Å²) < 4.78 is 11.2. The van der Waals surface area contributed by atoms with Gasteiger partial charge in [-0.05, 0) is 47.2 Å². The van der Waals surface area contributed by atoms with Crippen molar-refractivity contribution in [1.82, 2.24) is 0 Å². The van der Waals surface area contributed by atoms with E-state index in [9.17, 15) is 4.79 Å². The Labute approximate surface area is 183 Å². The van der Waals surface area contributed by atoms with E-state index < -0.39 is 0 Å². The van der Waals surface area contributed by atoms with Gasteiger partial charge in [0.1, 0.15) is 0 Å². The Bertz CT molecular complexity index is 1180. The van der Waals surface area contributed by atoms with Crippen molar-refractivity contribution in [2.45, 2.75) is 24.7 Å². The lowest BCUT2D eigenvalue weighted by molar-refractivity contribution is -0.116. The van der Waals surface area contributed by atoms with E-state index in [-0.39, 0.29) is 24.4 Å². The van der Waals surface area contributed by atoms with Crippen LogP contribution in [-0.2, 0) is 4.79 Å². The Morgan fingerprint density at radius 2 is 1.83 bits per heavy atom. The van der Waals surface area contributed by atoms with Crippen LogP contribution < -0.4 is 14.8 Å². The predicted molar refractivity (Wildman–Crippen MR) is 118 cm³/mol. The summed E-state index contributed by atoms with van der Waals surface area (Å²) in [7, 11) is 0. The van der Waals surface area contributed by atoms with E-state index in [0.29, 0.717) is 11.4 Å². The lowest BCUT2D eigenvalue weighted by atomic mass is 9.73. The number of carbonyl (C=O) groups is 1. The van der Waals surface area contributed by atoms with Crippen molar-refractivity contribution >= 4 is 34.4 Å². The highest BCUT2D eigenvalue weighted by Gasteiger charge is 2.39. The second-order valence-electron chi connectivity index (χ2n) is 7.84. The molecule has 3 aliphatic rings. The number of fused-ring (bicyclic) bond motifs is 2. The molecule has 0 saturated carbocycles. The fourth-order valence-electron chi connectivity index (χ4n) is 4.73. The summed E-state index contributed by atoms with van der Waals surface area (Å²) in [6.07, 6.45) is 1.35. The molecular formula is C24H18ClNO3S. The lowest BCUT2D eigenvalue weighted by Crippen LogP contribution is -2.29. The van der Waals surface area contributed by atoms with E-state index in [1.807, 2.05) is 36.4 Å². The molecule has 3 aromatic rings. The number of hydrogen-bond donors (Lipinski definition) is 1. The summed E-state index contributed by atoms with van der Waals surface area (Å²) in [6, 6.07) is 16.0. The molecule has 0 unspecified atom stereocenters. The van der Waals surface area contributed by atoms with E-state index in [1.54, 1.807) is 11.3 Å². The van der Waals surface area contributed by atoms with Crippen LogP contribution in [-0.4, -0.2) is 12.6 Å². The fraction of sp³-hybridized carbons (Fsp3) is 0.208. The molecule has 150 valence electrons. The molecule has 1 aromatic heterocycles. The largest absolute Gasteiger partial charge is 0.454 e. The Hall–Kier alpha value is -2.76. The fourth-order valence-corrected chi connectivity index (χ4v) is 5.69. The first-order valence-corrected chi connectivity index (χ1v) is 11.2. The SMILES string of the molecule is O=C1C[C@H](c2cccs2)CC2=C1[C@@H](c1ccc(Cl)cc1)c1cc3c(cc1N2)OCO3. The van der Waals surface area contributed by atoms with Crippen molar-refractivity contribution in [3.05, 3.63) is 86.2 Å². The van der Waals surface area contributed by atoms with Gasteiger partial charge in [-0.2, -0.15) is 0 Å². The van der Waals surface area contributed by atoms with Crippen molar-refractivity contribution < 1.29 is 14.3 Å². The second-order valence-corrected chi connectivity index (χ2v) is 9.25. The van der Waals surface area contributed by atoms with Gasteiger partial charge in [-0.15, -0.1) is 11.3 Å². The van der Waals surface area contributed by atoms with Crippen LogP contribution in [0.1, 0.15) is 40.7 Å². The van der Waals surface area contributed by atoms with Crippen LogP contribution in [0.25, 0.3) is 0 Å². The molecule has 6 heteroatoms. The zero-order valence-corrected chi connectivity index (χ0v) is 17.6. The van der Waals surface area contributed by atoms with Gasteiger partial charge in [0.2, 0.25) is 6.79 Å². The molecule has 6 rings (SSSR count). The molecule has 2 aliphatic heterocycles. The summed E-state index contributed by atoms with van der Waals surface area (Å²) in [4.78, 5) is 14.7. The minimum absolute atomic E-state index is 0.153. The highest BCUT2D eigenvalue weighted by Crippen LogP contribution is 2.51. The van der Waals surface area contributed by atoms with Crippen LogP contribution in [0, 0.1) is 0 Å². The van der Waals surface area contributed by atoms with Gasteiger partial charge in [-0.3, -0.25) is 4.79 Å². The lowest BCUT2D eigenvalue weighted by Gasteiger charge is -2.36. The molecule has 0 spiro atoms. The predicted octanol–water partition coefficient (Wildman–Crippen LogP) is 6.09. The van der Waals surface area contributed by atoms with Gasteiger partial charge in [0.15, 0.2) is 17.3 Å². The minimum Gasteiger partial charge on any atom is -0.454 e. The highest BCUT2D eigenvalue weighted by molar-refractivity contribution is 7.10. The first-order chi connectivity index (χ1) is 14.7. The van der Waals surface area contributed by atoms with Gasteiger partial charge in [0, 0.05) is 51.2 Å². The number of carbonyl (C=O) groups excluding carboxylic acids is 1. The minimum atomic E-state index is -0.153. The van der Waals surface area contributed by atoms with Crippen LogP contribution in [0.15, 0.2) is 65.2 Å². The van der Waals surface area contributed by atoms with Gasteiger partial charge in [-0.1, -0.05) is 29.8 Å². The average molecular weight is 436 g/mol. The molecule has 0 bridgehead atoms. The summed E-state index contributed by atoms with van der Waals surface area (Å²) in [5.74, 6) is 1.71. The maximum absolute atomic E-state index is 13.5. The molecule has 2 aromatic carbocycles. The van der Waals surface area contributed by atoms with Gasteiger partial charge >= 0.3 is 0 Å². The number of thiophene rings is 1. The second kappa shape index (κ2) is 6.89. The molecule has 4 nitrogen and oxygen atoms in total. The summed E-state index contributed by atoms with van der Waals surface area (Å²) in [5, 5.41) is 6.32.